The number of halogens is 1. The van der Waals surface area contributed by atoms with Crippen molar-refractivity contribution in [3.8, 4) is 0 Å². The van der Waals surface area contributed by atoms with Gasteiger partial charge in [-0.15, -0.1) is 24.0 Å². The second-order valence-electron chi connectivity index (χ2n) is 0.742. The van der Waals surface area contributed by atoms with E-state index in [9.17, 15) is 8.42 Å². The molecule has 4 nitrogen and oxygen atoms in total. The van der Waals surface area contributed by atoms with Gasteiger partial charge in [-0.05, 0) is 0 Å². The van der Waals surface area contributed by atoms with E-state index in [4.69, 9.17) is 0 Å². The van der Waals surface area contributed by atoms with Crippen LogP contribution in [-0.2, 0) is 18.8 Å². The van der Waals surface area contributed by atoms with Crippen LogP contribution in [0.3, 0.4) is 0 Å². The molecule has 8 heavy (non-hydrogen) atoms. The van der Waals surface area contributed by atoms with Crippen LogP contribution in [0.4, 0.5) is 0 Å². The first-order chi connectivity index (χ1) is 3.12. The van der Waals surface area contributed by atoms with Gasteiger partial charge in [0.15, 0.2) is 0 Å². The van der Waals surface area contributed by atoms with Crippen LogP contribution in [0.15, 0.2) is 0 Å². The molecule has 0 atom stereocenters. The zero-order valence-electron chi connectivity index (χ0n) is 4.45. The van der Waals surface area contributed by atoms with Gasteiger partial charge in [0, 0.05) is 0 Å². The Bertz CT molecular complexity index is 117. The predicted molar refractivity (Wildman–Crippen MR) is 38.4 cm³/mol. The van der Waals surface area contributed by atoms with Gasteiger partial charge in [0.2, 0.25) is 0 Å². The minimum Gasteiger partial charge on any atom is -0.252 e. The molecule has 0 aliphatic heterocycles. The Hall–Kier alpha value is 0.600. The zero-order valence-corrected chi connectivity index (χ0v) is 7.60. The van der Waals surface area contributed by atoms with Gasteiger partial charge >= 0.3 is 10.4 Å². The summed E-state index contributed by atoms with van der Waals surface area (Å²) in [4.78, 5) is 0. The van der Waals surface area contributed by atoms with Crippen molar-refractivity contribution in [3.05, 3.63) is 0 Å². The predicted octanol–water partition coefficient (Wildman–Crippen LogP) is 0.142. The summed E-state index contributed by atoms with van der Waals surface area (Å²) in [6.45, 7) is 0. The molecule has 0 aliphatic carbocycles. The van der Waals surface area contributed by atoms with Crippen LogP contribution >= 0.6 is 24.0 Å². The van der Waals surface area contributed by atoms with Crippen molar-refractivity contribution < 1.29 is 16.8 Å². The molecule has 0 spiro atoms. The summed E-state index contributed by atoms with van der Waals surface area (Å²) in [6, 6.07) is 0. The molecular weight excluding hydrogens is 247 g/mol. The molecule has 0 bridgehead atoms. The highest BCUT2D eigenvalue weighted by Gasteiger charge is 2.01. The minimum absolute atomic E-state index is 0. The minimum atomic E-state index is -3.66. The second kappa shape index (κ2) is 4.48. The lowest BCUT2D eigenvalue weighted by molar-refractivity contribution is 0.286. The molecule has 0 N–H and O–H groups in total. The molecule has 0 heterocycles. The molecule has 0 unspecified atom stereocenters. The van der Waals surface area contributed by atoms with Crippen molar-refractivity contribution in [2.24, 2.45) is 0 Å². The van der Waals surface area contributed by atoms with E-state index in [1.807, 2.05) is 0 Å². The van der Waals surface area contributed by atoms with Crippen LogP contribution in [0.25, 0.3) is 0 Å². The van der Waals surface area contributed by atoms with Gasteiger partial charge in [0.1, 0.15) is 0 Å². The number of hydrogen-bond donors (Lipinski definition) is 0. The fourth-order valence-electron chi connectivity index (χ4n) is 0.0680. The Labute approximate surface area is 65.5 Å². The van der Waals surface area contributed by atoms with Gasteiger partial charge in [-0.1, -0.05) is 0 Å². The van der Waals surface area contributed by atoms with Gasteiger partial charge in [-0.2, -0.15) is 8.42 Å². The summed E-state index contributed by atoms with van der Waals surface area (Å²) in [5.74, 6) is 0. The van der Waals surface area contributed by atoms with Crippen molar-refractivity contribution in [3.63, 3.8) is 0 Å². The van der Waals surface area contributed by atoms with Crippen molar-refractivity contribution in [1.82, 2.24) is 0 Å². The highest BCUT2D eigenvalue weighted by atomic mass is 127. The molecular formula is C2H7IO4S. The van der Waals surface area contributed by atoms with E-state index in [0.717, 1.165) is 14.2 Å². The van der Waals surface area contributed by atoms with Crippen molar-refractivity contribution >= 4 is 34.4 Å². The first-order valence-electron chi connectivity index (χ1n) is 1.48. The first-order valence-corrected chi connectivity index (χ1v) is 2.82. The van der Waals surface area contributed by atoms with E-state index in [1.54, 1.807) is 0 Å². The molecule has 0 amide bonds. The lowest BCUT2D eigenvalue weighted by Gasteiger charge is -1.91. The molecule has 0 saturated carbocycles. The molecule has 0 aromatic carbocycles. The van der Waals surface area contributed by atoms with Crippen LogP contribution in [0.5, 0.6) is 0 Å². The van der Waals surface area contributed by atoms with Gasteiger partial charge in [-0.3, -0.25) is 8.37 Å². The SMILES string of the molecule is COS(=O)(=O)OC.I. The van der Waals surface area contributed by atoms with Gasteiger partial charge in [-0.25, -0.2) is 0 Å². The molecule has 0 aromatic heterocycles. The third kappa shape index (κ3) is 4.75. The monoisotopic (exact) mass is 254 g/mol. The average Bonchev–Trinajstić information content (AvgIpc) is 1.68. The fourth-order valence-corrected chi connectivity index (χ4v) is 0.204. The average molecular weight is 254 g/mol. The normalized spacial score (nSPS) is 10.2. The molecule has 0 aromatic rings. The van der Waals surface area contributed by atoms with E-state index >= 15 is 0 Å². The highest BCUT2D eigenvalue weighted by molar-refractivity contribution is 14.0. The van der Waals surface area contributed by atoms with E-state index in [2.05, 4.69) is 8.37 Å². The number of rotatable bonds is 2. The first kappa shape index (κ1) is 11.4. The van der Waals surface area contributed by atoms with Crippen molar-refractivity contribution in [2.45, 2.75) is 0 Å². The topological polar surface area (TPSA) is 52.6 Å². The molecule has 52 valence electrons. The Balaban J connectivity index is 0. The summed E-state index contributed by atoms with van der Waals surface area (Å²) in [7, 11) is -1.60. The van der Waals surface area contributed by atoms with Gasteiger partial charge in [0.25, 0.3) is 0 Å². The third-order valence-corrected chi connectivity index (χ3v) is 1.22. The summed E-state index contributed by atoms with van der Waals surface area (Å²) in [6.07, 6.45) is 0. The maximum absolute atomic E-state index is 9.92. The maximum Gasteiger partial charge on any atom is 0.399 e. The zero-order chi connectivity index (χ0) is 5.91. The van der Waals surface area contributed by atoms with Crippen LogP contribution in [0, 0.1) is 0 Å². The van der Waals surface area contributed by atoms with Gasteiger partial charge in [0.05, 0.1) is 14.2 Å². The molecule has 0 saturated heterocycles. The van der Waals surface area contributed by atoms with Crippen molar-refractivity contribution in [1.29, 1.82) is 0 Å². The van der Waals surface area contributed by atoms with Crippen molar-refractivity contribution in [2.75, 3.05) is 14.2 Å². The quantitative estimate of drug-likeness (QED) is 0.658. The third-order valence-electron chi connectivity index (χ3n) is 0.408. The van der Waals surface area contributed by atoms with Crippen LogP contribution in [-0.4, -0.2) is 22.6 Å². The maximum atomic E-state index is 9.92. The molecule has 0 aliphatic rings. The highest BCUT2D eigenvalue weighted by Crippen LogP contribution is 1.85. The Morgan fingerprint density at radius 2 is 1.38 bits per heavy atom. The largest absolute Gasteiger partial charge is 0.399 e. The summed E-state index contributed by atoms with van der Waals surface area (Å²) in [5, 5.41) is 0. The standard InChI is InChI=1S/C2H6O4S.HI/c1-5-7(3,4)6-2;/h1-2H3;1H. The van der Waals surface area contributed by atoms with Gasteiger partial charge < -0.3 is 0 Å². The molecule has 0 rings (SSSR count). The molecule has 0 radical (unpaired) electrons. The smallest absolute Gasteiger partial charge is 0.252 e. The summed E-state index contributed by atoms with van der Waals surface area (Å²) in [5.41, 5.74) is 0. The van der Waals surface area contributed by atoms with Crippen LogP contribution in [0.2, 0.25) is 0 Å². The Morgan fingerprint density at radius 1 is 1.12 bits per heavy atom. The lowest BCUT2D eigenvalue weighted by Crippen LogP contribution is -2.02. The van der Waals surface area contributed by atoms with E-state index in [-0.39, 0.29) is 24.0 Å². The Kier molecular flexibility index (Phi) is 6.38. The second-order valence-corrected chi connectivity index (χ2v) is 2.22. The molecule has 0 fully saturated rings. The lowest BCUT2D eigenvalue weighted by atomic mass is 11.8. The van der Waals surface area contributed by atoms with E-state index in [0.29, 0.717) is 0 Å². The summed E-state index contributed by atoms with van der Waals surface area (Å²) >= 11 is 0. The summed E-state index contributed by atoms with van der Waals surface area (Å²) < 4.78 is 27.5. The van der Waals surface area contributed by atoms with Crippen LogP contribution in [0.1, 0.15) is 0 Å². The number of hydrogen-bond acceptors (Lipinski definition) is 4. The van der Waals surface area contributed by atoms with E-state index in [1.165, 1.54) is 0 Å². The van der Waals surface area contributed by atoms with E-state index < -0.39 is 10.4 Å². The van der Waals surface area contributed by atoms with Crippen LogP contribution < -0.4 is 0 Å². The molecule has 6 heteroatoms. The fraction of sp³-hybridized carbons (Fsp3) is 1.00. The Morgan fingerprint density at radius 3 is 1.38 bits per heavy atom.